The van der Waals surface area contributed by atoms with Gasteiger partial charge in [-0.15, -0.1) is 0 Å². The van der Waals surface area contributed by atoms with Crippen molar-refractivity contribution in [1.29, 1.82) is 0 Å². The average molecular weight is 567 g/mol. The number of ether oxygens (including phenoxy) is 1. The highest BCUT2D eigenvalue weighted by Crippen LogP contribution is 2.40. The number of carbonyl (C=O) groups is 1. The Morgan fingerprint density at radius 2 is 1.88 bits per heavy atom. The third-order valence-corrected chi connectivity index (χ3v) is 10.6. The number of hydrogen-bond donors (Lipinski definition) is 2. The van der Waals surface area contributed by atoms with Gasteiger partial charge < -0.3 is 29.8 Å². The number of aryl methyl sites for hydroxylation is 1. The van der Waals surface area contributed by atoms with E-state index in [1.54, 1.807) is 7.11 Å². The van der Waals surface area contributed by atoms with Crippen molar-refractivity contribution in [2.75, 3.05) is 26.7 Å². The molecule has 4 aliphatic rings. The van der Waals surface area contributed by atoms with Crippen LogP contribution in [-0.4, -0.2) is 63.8 Å². The van der Waals surface area contributed by atoms with Crippen molar-refractivity contribution in [2.45, 2.75) is 63.6 Å². The Balaban J connectivity index is 1.19. The van der Waals surface area contributed by atoms with Crippen molar-refractivity contribution >= 4 is 27.8 Å². The summed E-state index contributed by atoms with van der Waals surface area (Å²) in [4.78, 5) is 20.9. The van der Waals surface area contributed by atoms with Crippen molar-refractivity contribution in [1.82, 2.24) is 24.3 Å². The van der Waals surface area contributed by atoms with E-state index >= 15 is 0 Å². The van der Waals surface area contributed by atoms with Crippen LogP contribution in [0, 0.1) is 17.8 Å². The second-order valence-electron chi connectivity index (χ2n) is 13.4. The highest BCUT2D eigenvalue weighted by molar-refractivity contribution is 6.00. The van der Waals surface area contributed by atoms with Crippen LogP contribution in [-0.2, 0) is 20.0 Å². The number of rotatable bonds is 7. The molecule has 2 saturated carbocycles. The van der Waals surface area contributed by atoms with E-state index in [9.17, 15) is 4.79 Å². The number of carbonyl (C=O) groups excluding carboxylic acids is 1. The molecule has 4 heterocycles. The summed E-state index contributed by atoms with van der Waals surface area (Å²) in [6.45, 7) is 4.02. The van der Waals surface area contributed by atoms with E-state index in [2.05, 4.69) is 45.8 Å². The lowest BCUT2D eigenvalue weighted by Crippen LogP contribution is -2.41. The molecular weight excluding hydrogens is 524 g/mol. The number of likely N-dealkylation sites (tertiary alicyclic amines) is 1. The monoisotopic (exact) mass is 566 g/mol. The molecule has 42 heavy (non-hydrogen) atoms. The van der Waals surface area contributed by atoms with Gasteiger partial charge in [0.1, 0.15) is 11.3 Å². The van der Waals surface area contributed by atoms with Gasteiger partial charge in [-0.25, -0.2) is 4.98 Å². The van der Waals surface area contributed by atoms with Crippen molar-refractivity contribution in [3.05, 3.63) is 47.5 Å². The van der Waals surface area contributed by atoms with Crippen molar-refractivity contribution < 1.29 is 9.53 Å². The first-order valence-corrected chi connectivity index (χ1v) is 15.9. The minimum Gasteiger partial charge on any atom is -0.494 e. The number of benzene rings is 2. The lowest BCUT2D eigenvalue weighted by atomic mass is 9.91. The summed E-state index contributed by atoms with van der Waals surface area (Å²) in [5, 5.41) is 4.76. The second-order valence-corrected chi connectivity index (χ2v) is 13.4. The SMILES string of the molecule is COc1cc(C(=O)N2CC3CCC2[C@@H]3N)cc2nc(-c3cc4ccc(CC5CCNCC5)cc4n3CC3CC3)n(C)c12. The number of fused-ring (bicyclic) bond motifs is 4. The zero-order valence-corrected chi connectivity index (χ0v) is 24.8. The summed E-state index contributed by atoms with van der Waals surface area (Å²) < 4.78 is 10.5. The fraction of sp³-hybridized carbons (Fsp3) is 0.529. The lowest BCUT2D eigenvalue weighted by molar-refractivity contribution is 0.0700. The third kappa shape index (κ3) is 4.33. The number of imidazole rings is 1. The number of methoxy groups -OCH3 is 1. The number of nitrogens with one attached hydrogen (secondary N) is 1. The molecule has 3 N–H and O–H groups in total. The molecule has 2 aromatic carbocycles. The minimum atomic E-state index is 0.0363. The van der Waals surface area contributed by atoms with E-state index in [1.807, 2.05) is 17.0 Å². The Morgan fingerprint density at radius 1 is 1.05 bits per heavy atom. The summed E-state index contributed by atoms with van der Waals surface area (Å²) in [5.74, 6) is 3.52. The summed E-state index contributed by atoms with van der Waals surface area (Å²) >= 11 is 0. The van der Waals surface area contributed by atoms with Crippen molar-refractivity contribution in [3.63, 3.8) is 0 Å². The quantitative estimate of drug-likeness (QED) is 0.338. The first kappa shape index (κ1) is 26.3. The van der Waals surface area contributed by atoms with Crippen LogP contribution >= 0.6 is 0 Å². The number of amides is 1. The van der Waals surface area contributed by atoms with Gasteiger partial charge in [-0.05, 0) is 106 Å². The van der Waals surface area contributed by atoms with Crippen LogP contribution in [0.15, 0.2) is 36.4 Å². The zero-order valence-electron chi connectivity index (χ0n) is 24.8. The van der Waals surface area contributed by atoms with Gasteiger partial charge in [0.05, 0.1) is 18.3 Å². The summed E-state index contributed by atoms with van der Waals surface area (Å²) in [6.07, 6.45) is 8.35. The standard InChI is InChI=1S/C34H42N6O2/c1-38-32-26(15-25(17-30(32)42-2)34(41)40-19-24-7-8-27(40)31(24)35)37-33(38)29-16-23-6-5-22(13-20-9-11-36-12-10-20)14-28(23)39(29)18-21-3-4-21/h5-6,14-17,20-21,24,27,31,36H,3-4,7-13,18-19,35H2,1-2H3/t24?,27?,31-/m1/s1. The second kappa shape index (κ2) is 10.1. The van der Waals surface area contributed by atoms with Gasteiger partial charge in [0.2, 0.25) is 0 Å². The molecule has 2 bridgehead atoms. The molecule has 8 rings (SSSR count). The molecular formula is C34H42N6O2. The van der Waals surface area contributed by atoms with Gasteiger partial charge in [0.25, 0.3) is 5.91 Å². The Kier molecular flexibility index (Phi) is 6.34. The molecule has 4 fully saturated rings. The van der Waals surface area contributed by atoms with Crippen LogP contribution in [0.3, 0.4) is 0 Å². The van der Waals surface area contributed by atoms with E-state index in [4.69, 9.17) is 15.5 Å². The predicted octanol–water partition coefficient (Wildman–Crippen LogP) is 4.72. The van der Waals surface area contributed by atoms with Crippen LogP contribution in [0.4, 0.5) is 0 Å². The first-order valence-electron chi connectivity index (χ1n) is 15.9. The Hall–Kier alpha value is -3.36. The van der Waals surface area contributed by atoms with E-state index in [0.717, 1.165) is 79.8 Å². The molecule has 8 nitrogen and oxygen atoms in total. The summed E-state index contributed by atoms with van der Waals surface area (Å²) in [6, 6.07) is 13.4. The van der Waals surface area contributed by atoms with Crippen LogP contribution in [0.25, 0.3) is 33.5 Å². The number of aromatic nitrogens is 3. The van der Waals surface area contributed by atoms with E-state index in [-0.39, 0.29) is 18.0 Å². The average Bonchev–Trinajstić information content (AvgIpc) is 3.42. The van der Waals surface area contributed by atoms with Crippen molar-refractivity contribution in [2.24, 2.45) is 30.5 Å². The fourth-order valence-corrected chi connectivity index (χ4v) is 8.05. The third-order valence-electron chi connectivity index (χ3n) is 10.6. The minimum absolute atomic E-state index is 0.0363. The molecule has 2 aliphatic heterocycles. The predicted molar refractivity (Wildman–Crippen MR) is 166 cm³/mol. The van der Waals surface area contributed by atoms with Gasteiger partial charge >= 0.3 is 0 Å². The lowest BCUT2D eigenvalue weighted by Gasteiger charge is -2.27. The molecule has 1 amide bonds. The zero-order chi connectivity index (χ0) is 28.5. The molecule has 2 unspecified atom stereocenters. The molecule has 2 aromatic heterocycles. The molecule has 3 atom stereocenters. The molecule has 220 valence electrons. The maximum absolute atomic E-state index is 13.7. The highest BCUT2D eigenvalue weighted by atomic mass is 16.5. The highest BCUT2D eigenvalue weighted by Gasteiger charge is 2.47. The molecule has 2 aliphatic carbocycles. The smallest absolute Gasteiger partial charge is 0.254 e. The van der Waals surface area contributed by atoms with Crippen LogP contribution in [0.5, 0.6) is 5.75 Å². The summed E-state index contributed by atoms with van der Waals surface area (Å²) in [7, 11) is 3.74. The Bertz CT molecular complexity index is 1680. The molecule has 0 spiro atoms. The normalized spacial score (nSPS) is 24.4. The van der Waals surface area contributed by atoms with Crippen LogP contribution in [0.2, 0.25) is 0 Å². The Labute approximate surface area is 247 Å². The van der Waals surface area contributed by atoms with Gasteiger partial charge in [0.15, 0.2) is 5.82 Å². The molecule has 0 radical (unpaired) electrons. The first-order chi connectivity index (χ1) is 20.5. The fourth-order valence-electron chi connectivity index (χ4n) is 8.05. The number of nitrogens with zero attached hydrogens (tertiary/aromatic N) is 4. The summed E-state index contributed by atoms with van der Waals surface area (Å²) in [5.41, 5.74) is 12.6. The number of nitrogens with two attached hydrogens (primary N) is 1. The van der Waals surface area contributed by atoms with Crippen molar-refractivity contribution in [3.8, 4) is 17.3 Å². The van der Waals surface area contributed by atoms with Gasteiger partial charge in [-0.1, -0.05) is 12.1 Å². The largest absolute Gasteiger partial charge is 0.494 e. The number of piperidine rings is 2. The maximum Gasteiger partial charge on any atom is 0.254 e. The van der Waals surface area contributed by atoms with Gasteiger partial charge in [-0.2, -0.15) is 0 Å². The van der Waals surface area contributed by atoms with E-state index in [0.29, 0.717) is 17.2 Å². The van der Waals surface area contributed by atoms with Crippen LogP contribution in [0.1, 0.15) is 54.4 Å². The Morgan fingerprint density at radius 3 is 2.60 bits per heavy atom. The van der Waals surface area contributed by atoms with Gasteiger partial charge in [0, 0.05) is 48.7 Å². The topological polar surface area (TPSA) is 90.3 Å². The molecule has 4 aromatic rings. The van der Waals surface area contributed by atoms with E-state index < -0.39 is 0 Å². The van der Waals surface area contributed by atoms with Gasteiger partial charge in [-0.3, -0.25) is 4.79 Å². The van der Waals surface area contributed by atoms with E-state index in [1.165, 1.54) is 42.1 Å². The molecule has 8 heteroatoms. The van der Waals surface area contributed by atoms with Crippen LogP contribution < -0.4 is 15.8 Å². The molecule has 2 saturated heterocycles. The maximum atomic E-state index is 13.7. The number of hydrogen-bond acceptors (Lipinski definition) is 5.